The molecule has 0 amide bonds. The molecule has 168 valence electrons. The first-order chi connectivity index (χ1) is 16.1. The Labute approximate surface area is 191 Å². The summed E-state index contributed by atoms with van der Waals surface area (Å²) in [6, 6.07) is 13.9. The normalized spacial score (nSPS) is 20.3. The second-order valence-electron chi connectivity index (χ2n) is 9.21. The van der Waals surface area contributed by atoms with Crippen LogP contribution in [0.4, 0.5) is 17.2 Å². The Hall–Kier alpha value is -3.65. The highest BCUT2D eigenvalue weighted by molar-refractivity contribution is 5.74. The van der Waals surface area contributed by atoms with Gasteiger partial charge in [-0.3, -0.25) is 14.1 Å². The van der Waals surface area contributed by atoms with Crippen LogP contribution in [0.25, 0.3) is 16.9 Å². The van der Waals surface area contributed by atoms with E-state index in [2.05, 4.69) is 68.2 Å². The fourth-order valence-corrected chi connectivity index (χ4v) is 5.34. The summed E-state index contributed by atoms with van der Waals surface area (Å²) in [7, 11) is 0. The van der Waals surface area contributed by atoms with Gasteiger partial charge in [0.05, 0.1) is 11.9 Å². The van der Waals surface area contributed by atoms with Crippen molar-refractivity contribution in [3.63, 3.8) is 0 Å². The summed E-state index contributed by atoms with van der Waals surface area (Å²) in [5.41, 5.74) is 4.41. The molecule has 3 aromatic heterocycles. The minimum atomic E-state index is -0.147. The fourth-order valence-electron chi connectivity index (χ4n) is 5.34. The molecule has 2 saturated heterocycles. The molecule has 4 aromatic rings. The van der Waals surface area contributed by atoms with Crippen molar-refractivity contribution in [1.82, 2.24) is 24.3 Å². The zero-order valence-electron chi connectivity index (χ0n) is 18.8. The Morgan fingerprint density at radius 2 is 1.94 bits per heavy atom. The number of H-pyrrole nitrogens is 1. The van der Waals surface area contributed by atoms with Gasteiger partial charge in [-0.15, -0.1) is 0 Å². The molecule has 0 spiro atoms. The van der Waals surface area contributed by atoms with E-state index in [0.29, 0.717) is 29.6 Å². The summed E-state index contributed by atoms with van der Waals surface area (Å²) in [6.45, 7) is 6.85. The van der Waals surface area contributed by atoms with Gasteiger partial charge in [-0.2, -0.15) is 0 Å². The van der Waals surface area contributed by atoms with Crippen LogP contribution in [-0.4, -0.2) is 55.5 Å². The molecule has 0 radical (unpaired) electrons. The van der Waals surface area contributed by atoms with Gasteiger partial charge in [0, 0.05) is 72.8 Å². The molecule has 1 aromatic carbocycles. The van der Waals surface area contributed by atoms with Crippen LogP contribution in [0.5, 0.6) is 0 Å². The number of fused-ring (bicyclic) bond motifs is 3. The van der Waals surface area contributed by atoms with Crippen LogP contribution in [0.15, 0.2) is 66.0 Å². The highest BCUT2D eigenvalue weighted by Crippen LogP contribution is 2.36. The number of rotatable bonds is 5. The highest BCUT2D eigenvalue weighted by atomic mass is 16.1. The van der Waals surface area contributed by atoms with Crippen LogP contribution in [0.3, 0.4) is 0 Å². The van der Waals surface area contributed by atoms with Crippen molar-refractivity contribution in [1.29, 1.82) is 0 Å². The van der Waals surface area contributed by atoms with Crippen molar-refractivity contribution in [2.24, 2.45) is 0 Å². The number of piperazine rings is 1. The monoisotopic (exact) mass is 441 g/mol. The molecule has 2 bridgehead atoms. The van der Waals surface area contributed by atoms with Gasteiger partial charge < -0.3 is 15.2 Å². The molecular weight excluding hydrogens is 414 g/mol. The second kappa shape index (κ2) is 7.74. The molecule has 5 heterocycles. The lowest BCUT2D eigenvalue weighted by Crippen LogP contribution is -2.48. The molecule has 2 atom stereocenters. The van der Waals surface area contributed by atoms with E-state index >= 15 is 0 Å². The zero-order chi connectivity index (χ0) is 22.5. The van der Waals surface area contributed by atoms with Crippen molar-refractivity contribution >= 4 is 22.8 Å². The summed E-state index contributed by atoms with van der Waals surface area (Å²) in [5, 5.41) is 3.41. The summed E-state index contributed by atoms with van der Waals surface area (Å²) in [5.74, 6) is 0.675. The fraction of sp³-hybridized carbons (Fsp3) is 0.320. The second-order valence-corrected chi connectivity index (χ2v) is 9.21. The Morgan fingerprint density at radius 3 is 2.67 bits per heavy atom. The number of benzene rings is 1. The van der Waals surface area contributed by atoms with Crippen LogP contribution >= 0.6 is 0 Å². The van der Waals surface area contributed by atoms with Gasteiger partial charge >= 0.3 is 0 Å². The van der Waals surface area contributed by atoms with E-state index in [4.69, 9.17) is 0 Å². The van der Waals surface area contributed by atoms with E-state index in [1.807, 2.05) is 16.7 Å². The quantitative estimate of drug-likeness (QED) is 0.493. The van der Waals surface area contributed by atoms with Gasteiger partial charge in [-0.25, -0.2) is 9.97 Å². The summed E-state index contributed by atoms with van der Waals surface area (Å²) >= 11 is 0. The molecule has 0 saturated carbocycles. The lowest BCUT2D eigenvalue weighted by Gasteiger charge is -2.37. The summed E-state index contributed by atoms with van der Waals surface area (Å²) < 4.78 is 1.94. The smallest absolute Gasteiger partial charge is 0.248 e. The molecular formula is C25H27N7O. The number of hydrogen-bond acceptors (Lipinski definition) is 6. The SMILES string of the molecule is CC(C)N1C[C@@H]2C[C@H]1CN2c1ccc(Nc2ncc(-c3cc[nH]c(=O)c3)n3ccnc23)cc1. The van der Waals surface area contributed by atoms with Crippen molar-refractivity contribution in [3.05, 3.63) is 71.5 Å². The van der Waals surface area contributed by atoms with Gasteiger partial charge in [0.15, 0.2) is 11.5 Å². The summed E-state index contributed by atoms with van der Waals surface area (Å²) in [4.78, 5) is 28.7. The van der Waals surface area contributed by atoms with E-state index in [9.17, 15) is 4.79 Å². The minimum Gasteiger partial charge on any atom is -0.366 e. The standard InChI is InChI=1S/C25H27N7O/c1-16(2)31-14-21-12-20(31)15-32(21)19-5-3-18(4-6-19)29-24-25-27-9-10-30(25)22(13-28-24)17-7-8-26-23(33)11-17/h3-11,13,16,20-21H,12,14-15H2,1-2H3,(H,26,33)(H,28,29)/t20-,21-/m0/s1. The van der Waals surface area contributed by atoms with E-state index in [1.54, 1.807) is 24.7 Å². The summed E-state index contributed by atoms with van der Waals surface area (Å²) in [6.07, 6.45) is 8.29. The Balaban J connectivity index is 1.23. The Bertz CT molecular complexity index is 1360. The van der Waals surface area contributed by atoms with E-state index in [1.165, 1.54) is 12.1 Å². The van der Waals surface area contributed by atoms with Crippen molar-refractivity contribution < 1.29 is 0 Å². The first kappa shape index (κ1) is 20.0. The molecule has 2 aliphatic heterocycles. The number of likely N-dealkylation sites (tertiary alicyclic amines) is 1. The van der Waals surface area contributed by atoms with Crippen LogP contribution in [0.2, 0.25) is 0 Å². The number of pyridine rings is 1. The number of nitrogens with zero attached hydrogens (tertiary/aromatic N) is 5. The Kier molecular flexibility index (Phi) is 4.69. The average molecular weight is 442 g/mol. The number of aromatic nitrogens is 4. The lowest BCUT2D eigenvalue weighted by molar-refractivity contribution is 0.191. The third kappa shape index (κ3) is 3.47. The van der Waals surface area contributed by atoms with E-state index < -0.39 is 0 Å². The third-order valence-corrected chi connectivity index (χ3v) is 6.91. The number of nitrogens with one attached hydrogen (secondary N) is 2. The van der Waals surface area contributed by atoms with Crippen LogP contribution in [-0.2, 0) is 0 Å². The molecule has 0 aliphatic carbocycles. The van der Waals surface area contributed by atoms with Crippen LogP contribution < -0.4 is 15.8 Å². The minimum absolute atomic E-state index is 0.147. The topological polar surface area (TPSA) is 81.6 Å². The maximum absolute atomic E-state index is 11.7. The van der Waals surface area contributed by atoms with Crippen LogP contribution in [0, 0.1) is 0 Å². The number of hydrogen-bond donors (Lipinski definition) is 2. The van der Waals surface area contributed by atoms with Gasteiger partial charge in [-0.05, 0) is 50.6 Å². The molecule has 8 heteroatoms. The predicted molar refractivity (Wildman–Crippen MR) is 130 cm³/mol. The van der Waals surface area contributed by atoms with Crippen LogP contribution in [0.1, 0.15) is 20.3 Å². The number of imidazole rings is 1. The first-order valence-corrected chi connectivity index (χ1v) is 11.5. The van der Waals surface area contributed by atoms with Gasteiger partial charge in [0.25, 0.3) is 0 Å². The number of anilines is 3. The highest BCUT2D eigenvalue weighted by Gasteiger charge is 2.43. The lowest BCUT2D eigenvalue weighted by atomic mass is 10.2. The largest absolute Gasteiger partial charge is 0.366 e. The molecule has 0 unspecified atom stereocenters. The van der Waals surface area contributed by atoms with Gasteiger partial charge in [-0.1, -0.05) is 0 Å². The molecule has 2 fully saturated rings. The molecule has 2 aliphatic rings. The zero-order valence-corrected chi connectivity index (χ0v) is 18.8. The molecule has 33 heavy (non-hydrogen) atoms. The first-order valence-electron chi connectivity index (χ1n) is 11.5. The third-order valence-electron chi connectivity index (χ3n) is 6.91. The Morgan fingerprint density at radius 1 is 1.09 bits per heavy atom. The molecule has 8 nitrogen and oxygen atoms in total. The molecule has 2 N–H and O–H groups in total. The maximum Gasteiger partial charge on any atom is 0.248 e. The van der Waals surface area contributed by atoms with E-state index in [-0.39, 0.29) is 5.56 Å². The average Bonchev–Trinajstić information content (AvgIpc) is 3.56. The van der Waals surface area contributed by atoms with Gasteiger partial charge in [0.2, 0.25) is 5.56 Å². The molecule has 6 rings (SSSR count). The van der Waals surface area contributed by atoms with Crippen molar-refractivity contribution in [2.75, 3.05) is 23.3 Å². The predicted octanol–water partition coefficient (Wildman–Crippen LogP) is 3.50. The van der Waals surface area contributed by atoms with Gasteiger partial charge in [0.1, 0.15) is 0 Å². The van der Waals surface area contributed by atoms with E-state index in [0.717, 1.165) is 30.0 Å². The van der Waals surface area contributed by atoms with Crippen molar-refractivity contribution in [2.45, 2.75) is 38.4 Å². The van der Waals surface area contributed by atoms with Crippen molar-refractivity contribution in [3.8, 4) is 11.3 Å². The maximum atomic E-state index is 11.7. The number of aromatic amines is 1.